The molecule has 152 valence electrons. The van der Waals surface area contributed by atoms with Crippen molar-refractivity contribution in [3.05, 3.63) is 66.0 Å². The third-order valence-electron chi connectivity index (χ3n) is 4.16. The monoisotopic (exact) mass is 424 g/mol. The molecular formula is C20H26Cl2N4O2. The molecule has 0 spiro atoms. The van der Waals surface area contributed by atoms with E-state index in [1.807, 2.05) is 36.7 Å². The molecule has 0 unspecified atom stereocenters. The lowest BCUT2D eigenvalue weighted by Crippen LogP contribution is -2.34. The second kappa shape index (κ2) is 12.4. The number of hydrogen-bond donors (Lipinski definition) is 2. The van der Waals surface area contributed by atoms with Crippen molar-refractivity contribution in [1.82, 2.24) is 20.2 Å². The molecule has 6 nitrogen and oxygen atoms in total. The smallest absolute Gasteiger partial charge is 0.234 e. The van der Waals surface area contributed by atoms with Gasteiger partial charge in [0.05, 0.1) is 30.5 Å². The maximum Gasteiger partial charge on any atom is 0.234 e. The Hall–Kier alpha value is -2.12. The van der Waals surface area contributed by atoms with Crippen LogP contribution in [0.25, 0.3) is 11.0 Å². The Morgan fingerprint density at radius 2 is 1.79 bits per heavy atom. The van der Waals surface area contributed by atoms with Crippen molar-refractivity contribution in [2.24, 2.45) is 0 Å². The Balaban J connectivity index is 0.00000196. The number of aromatic nitrogens is 2. The lowest BCUT2D eigenvalue weighted by Gasteiger charge is -2.08. The molecule has 0 fully saturated rings. The third-order valence-corrected chi connectivity index (χ3v) is 4.16. The van der Waals surface area contributed by atoms with Crippen LogP contribution in [0.4, 0.5) is 0 Å². The SMILES string of the molecule is COCCNCC(=O)NCc1ccc(Cn2cnc3ccccc32)cc1.Cl.Cl. The van der Waals surface area contributed by atoms with Gasteiger partial charge in [-0.25, -0.2) is 4.98 Å². The molecule has 2 N–H and O–H groups in total. The highest BCUT2D eigenvalue weighted by molar-refractivity contribution is 5.85. The zero-order chi connectivity index (χ0) is 18.2. The summed E-state index contributed by atoms with van der Waals surface area (Å²) in [5.74, 6) is -0.0185. The van der Waals surface area contributed by atoms with Gasteiger partial charge in [0.2, 0.25) is 5.91 Å². The normalized spacial score (nSPS) is 10.2. The standard InChI is InChI=1S/C20H24N4O2.2ClH/c1-26-11-10-21-13-20(25)22-12-16-6-8-17(9-7-16)14-24-15-23-18-4-2-3-5-19(18)24;;/h2-9,15,21H,10-14H2,1H3,(H,22,25);2*1H. The van der Waals surface area contributed by atoms with Crippen molar-refractivity contribution < 1.29 is 9.53 Å². The van der Waals surface area contributed by atoms with Crippen molar-refractivity contribution in [3.8, 4) is 0 Å². The second-order valence-corrected chi connectivity index (χ2v) is 6.12. The van der Waals surface area contributed by atoms with Gasteiger partial charge in [-0.05, 0) is 23.3 Å². The quantitative estimate of drug-likeness (QED) is 0.518. The minimum Gasteiger partial charge on any atom is -0.383 e. The van der Waals surface area contributed by atoms with Gasteiger partial charge in [0.25, 0.3) is 0 Å². The zero-order valence-corrected chi connectivity index (χ0v) is 17.4. The van der Waals surface area contributed by atoms with E-state index >= 15 is 0 Å². The van der Waals surface area contributed by atoms with Gasteiger partial charge in [0.1, 0.15) is 0 Å². The predicted molar refractivity (Wildman–Crippen MR) is 116 cm³/mol. The highest BCUT2D eigenvalue weighted by atomic mass is 35.5. The molecule has 28 heavy (non-hydrogen) atoms. The number of amides is 1. The molecule has 0 atom stereocenters. The van der Waals surface area contributed by atoms with Gasteiger partial charge in [-0.2, -0.15) is 0 Å². The summed E-state index contributed by atoms with van der Waals surface area (Å²) in [7, 11) is 1.64. The highest BCUT2D eigenvalue weighted by Gasteiger charge is 2.04. The topological polar surface area (TPSA) is 68.2 Å². The molecular weight excluding hydrogens is 399 g/mol. The average Bonchev–Trinajstić information content (AvgIpc) is 3.08. The van der Waals surface area contributed by atoms with Crippen LogP contribution in [0.3, 0.4) is 0 Å². The van der Waals surface area contributed by atoms with Crippen LogP contribution in [0.2, 0.25) is 0 Å². The van der Waals surface area contributed by atoms with Crippen LogP contribution in [0.1, 0.15) is 11.1 Å². The van der Waals surface area contributed by atoms with Crippen LogP contribution < -0.4 is 10.6 Å². The first-order valence-electron chi connectivity index (χ1n) is 8.70. The first-order chi connectivity index (χ1) is 12.8. The van der Waals surface area contributed by atoms with Crippen LogP contribution in [-0.2, 0) is 22.6 Å². The molecule has 1 heterocycles. The zero-order valence-electron chi connectivity index (χ0n) is 15.8. The van der Waals surface area contributed by atoms with E-state index in [4.69, 9.17) is 4.74 Å². The third kappa shape index (κ3) is 6.80. The molecule has 3 aromatic rings. The van der Waals surface area contributed by atoms with E-state index in [0.29, 0.717) is 26.2 Å². The van der Waals surface area contributed by atoms with Crippen molar-refractivity contribution in [2.75, 3.05) is 26.8 Å². The largest absolute Gasteiger partial charge is 0.383 e. The molecule has 0 aliphatic rings. The maximum atomic E-state index is 11.8. The number of hydrogen-bond acceptors (Lipinski definition) is 4. The molecule has 0 saturated heterocycles. The van der Waals surface area contributed by atoms with Crippen LogP contribution in [0.5, 0.6) is 0 Å². The fraction of sp³-hybridized carbons (Fsp3) is 0.300. The van der Waals surface area contributed by atoms with Crippen molar-refractivity contribution in [2.45, 2.75) is 13.1 Å². The van der Waals surface area contributed by atoms with E-state index in [2.05, 4.69) is 38.4 Å². The summed E-state index contributed by atoms with van der Waals surface area (Å²) in [4.78, 5) is 16.2. The fourth-order valence-corrected chi connectivity index (χ4v) is 2.73. The number of carbonyl (C=O) groups excluding carboxylic acids is 1. The van der Waals surface area contributed by atoms with E-state index in [9.17, 15) is 4.79 Å². The summed E-state index contributed by atoms with van der Waals surface area (Å²) >= 11 is 0. The molecule has 1 aromatic heterocycles. The van der Waals surface area contributed by atoms with E-state index in [1.54, 1.807) is 7.11 Å². The van der Waals surface area contributed by atoms with Gasteiger partial charge < -0.3 is 19.9 Å². The molecule has 8 heteroatoms. The van der Waals surface area contributed by atoms with Gasteiger partial charge >= 0.3 is 0 Å². The van der Waals surface area contributed by atoms with Crippen molar-refractivity contribution in [1.29, 1.82) is 0 Å². The Morgan fingerprint density at radius 3 is 2.54 bits per heavy atom. The van der Waals surface area contributed by atoms with Gasteiger partial charge in [-0.3, -0.25) is 4.79 Å². The van der Waals surface area contributed by atoms with Gasteiger partial charge in [0, 0.05) is 26.7 Å². The summed E-state index contributed by atoms with van der Waals surface area (Å²) in [6, 6.07) is 16.4. The number of nitrogens with zero attached hydrogens (tertiary/aromatic N) is 2. The molecule has 3 rings (SSSR count). The maximum absolute atomic E-state index is 11.8. The Labute approximate surface area is 177 Å². The lowest BCUT2D eigenvalue weighted by molar-refractivity contribution is -0.120. The number of rotatable bonds is 9. The molecule has 2 aromatic carbocycles. The number of benzene rings is 2. The van der Waals surface area contributed by atoms with Crippen LogP contribution in [-0.4, -0.2) is 42.3 Å². The van der Waals surface area contributed by atoms with E-state index < -0.39 is 0 Å². The van der Waals surface area contributed by atoms with Crippen LogP contribution >= 0.6 is 24.8 Å². The van der Waals surface area contributed by atoms with E-state index in [1.165, 1.54) is 5.56 Å². The Morgan fingerprint density at radius 1 is 1.07 bits per heavy atom. The first-order valence-corrected chi connectivity index (χ1v) is 8.70. The average molecular weight is 425 g/mol. The fourth-order valence-electron chi connectivity index (χ4n) is 2.73. The number of methoxy groups -OCH3 is 1. The number of ether oxygens (including phenoxy) is 1. The molecule has 0 radical (unpaired) electrons. The molecule has 0 aliphatic carbocycles. The predicted octanol–water partition coefficient (Wildman–Crippen LogP) is 2.78. The summed E-state index contributed by atoms with van der Waals surface area (Å²) < 4.78 is 7.06. The van der Waals surface area contributed by atoms with Crippen LogP contribution in [0.15, 0.2) is 54.9 Å². The summed E-state index contributed by atoms with van der Waals surface area (Å²) in [6.45, 7) is 2.87. The van der Waals surface area contributed by atoms with Gasteiger partial charge in [-0.15, -0.1) is 24.8 Å². The van der Waals surface area contributed by atoms with E-state index in [-0.39, 0.29) is 30.7 Å². The first kappa shape index (κ1) is 23.9. The Bertz CT molecular complexity index is 853. The minimum atomic E-state index is -0.0185. The number of para-hydroxylation sites is 2. The number of imidazole rings is 1. The molecule has 0 saturated carbocycles. The highest BCUT2D eigenvalue weighted by Crippen LogP contribution is 2.14. The molecule has 0 bridgehead atoms. The number of fused-ring (bicyclic) bond motifs is 1. The number of carbonyl (C=O) groups is 1. The van der Waals surface area contributed by atoms with Crippen LogP contribution in [0, 0.1) is 0 Å². The van der Waals surface area contributed by atoms with Gasteiger partial charge in [0.15, 0.2) is 0 Å². The van der Waals surface area contributed by atoms with Gasteiger partial charge in [-0.1, -0.05) is 36.4 Å². The second-order valence-electron chi connectivity index (χ2n) is 6.12. The summed E-state index contributed by atoms with van der Waals surface area (Å²) in [5, 5.41) is 5.93. The number of nitrogens with one attached hydrogen (secondary N) is 2. The lowest BCUT2D eigenvalue weighted by atomic mass is 10.1. The molecule has 1 amide bonds. The minimum absolute atomic E-state index is 0. The molecule has 0 aliphatic heterocycles. The van der Waals surface area contributed by atoms with Crippen molar-refractivity contribution >= 4 is 41.8 Å². The number of halogens is 2. The summed E-state index contributed by atoms with van der Waals surface area (Å²) in [5.41, 5.74) is 4.41. The summed E-state index contributed by atoms with van der Waals surface area (Å²) in [6.07, 6.45) is 1.87. The van der Waals surface area contributed by atoms with Crippen molar-refractivity contribution in [3.63, 3.8) is 0 Å². The van der Waals surface area contributed by atoms with E-state index in [0.717, 1.165) is 23.1 Å². The Kier molecular flexibility index (Phi) is 10.6.